The Morgan fingerprint density at radius 2 is 0.974 bits per heavy atom. The molecule has 0 aliphatic heterocycles. The Morgan fingerprint density at radius 3 is 1.56 bits per heavy atom. The summed E-state index contributed by atoms with van der Waals surface area (Å²) in [5.74, 6) is 2.51. The van der Waals surface area contributed by atoms with E-state index in [9.17, 15) is 0 Å². The van der Waals surface area contributed by atoms with E-state index in [0.717, 1.165) is 41.7 Å². The maximum atomic E-state index is 6.10. The molecule has 0 aromatic heterocycles. The number of methoxy groups -OCH3 is 1. The fraction of sp³-hybridized carbons (Fsp3) is 0.273. The summed E-state index contributed by atoms with van der Waals surface area (Å²) in [7, 11) is 9.87. The Morgan fingerprint density at radius 1 is 0.513 bits per heavy atom. The molecule has 0 bridgehead atoms. The second-order valence-electron chi connectivity index (χ2n) is 9.86. The molecule has 0 aliphatic rings. The monoisotopic (exact) mass is 525 g/mol. The standard InChI is InChI=1S/C33H39N3O3/c1-34(2)28-12-6-10-26(20-28)24-36(25-27-11-7-15-31(21-27)37-5)30-14-9-17-33(23-30)39-19-18-38-32-16-8-13-29(22-32)35(3)4/h6-17,20-23H,18-19,24-25H2,1-5H3. The highest BCUT2D eigenvalue weighted by molar-refractivity contribution is 5.54. The van der Waals surface area contributed by atoms with Crippen LogP contribution in [0.2, 0.25) is 0 Å². The summed E-state index contributed by atoms with van der Waals surface area (Å²) in [6, 6.07) is 33.2. The molecule has 6 heteroatoms. The van der Waals surface area contributed by atoms with Gasteiger partial charge in [-0.3, -0.25) is 0 Å². The lowest BCUT2D eigenvalue weighted by Crippen LogP contribution is -2.22. The van der Waals surface area contributed by atoms with Crippen molar-refractivity contribution in [2.75, 3.05) is 63.2 Å². The Bertz CT molecular complexity index is 1340. The van der Waals surface area contributed by atoms with E-state index in [1.165, 1.54) is 16.8 Å². The van der Waals surface area contributed by atoms with Gasteiger partial charge in [-0.05, 0) is 59.7 Å². The fourth-order valence-electron chi connectivity index (χ4n) is 4.32. The molecule has 0 radical (unpaired) electrons. The van der Waals surface area contributed by atoms with Crippen molar-refractivity contribution >= 4 is 17.1 Å². The zero-order chi connectivity index (χ0) is 27.6. The van der Waals surface area contributed by atoms with E-state index < -0.39 is 0 Å². The molecule has 0 amide bonds. The molecule has 0 fully saturated rings. The Balaban J connectivity index is 1.47. The van der Waals surface area contributed by atoms with Crippen molar-refractivity contribution in [3.63, 3.8) is 0 Å². The Kier molecular flexibility index (Phi) is 9.57. The first-order valence-electron chi connectivity index (χ1n) is 13.2. The van der Waals surface area contributed by atoms with Crippen LogP contribution in [0.3, 0.4) is 0 Å². The summed E-state index contributed by atoms with van der Waals surface area (Å²) < 4.78 is 17.5. The average Bonchev–Trinajstić information content (AvgIpc) is 2.95. The van der Waals surface area contributed by atoms with Crippen LogP contribution in [0.25, 0.3) is 0 Å². The Labute approximate surface area is 233 Å². The van der Waals surface area contributed by atoms with Gasteiger partial charge in [0.1, 0.15) is 30.5 Å². The predicted molar refractivity (Wildman–Crippen MR) is 162 cm³/mol. The normalized spacial score (nSPS) is 10.6. The van der Waals surface area contributed by atoms with Gasteiger partial charge >= 0.3 is 0 Å². The molecular weight excluding hydrogens is 486 g/mol. The third-order valence-corrected chi connectivity index (χ3v) is 6.45. The molecule has 204 valence electrons. The number of benzene rings is 4. The summed E-state index contributed by atoms with van der Waals surface area (Å²) in [4.78, 5) is 6.55. The quantitative estimate of drug-likeness (QED) is 0.186. The lowest BCUT2D eigenvalue weighted by molar-refractivity contribution is 0.217. The summed E-state index contributed by atoms with van der Waals surface area (Å²) >= 11 is 0. The third kappa shape index (κ3) is 8.08. The van der Waals surface area contributed by atoms with E-state index >= 15 is 0 Å². The molecule has 0 spiro atoms. The number of rotatable bonds is 13. The maximum absolute atomic E-state index is 6.10. The highest BCUT2D eigenvalue weighted by Crippen LogP contribution is 2.27. The molecule has 39 heavy (non-hydrogen) atoms. The SMILES string of the molecule is COc1cccc(CN(Cc2cccc(N(C)C)c2)c2cccc(OCCOc3cccc(N(C)C)c3)c2)c1. The van der Waals surface area contributed by atoms with Crippen LogP contribution < -0.4 is 28.9 Å². The summed E-state index contributed by atoms with van der Waals surface area (Å²) in [5.41, 5.74) is 5.79. The van der Waals surface area contributed by atoms with Gasteiger partial charge in [-0.1, -0.05) is 36.4 Å². The minimum Gasteiger partial charge on any atom is -0.497 e. The maximum Gasteiger partial charge on any atom is 0.122 e. The first-order chi connectivity index (χ1) is 18.9. The van der Waals surface area contributed by atoms with Gasteiger partial charge in [-0.15, -0.1) is 0 Å². The molecule has 0 heterocycles. The van der Waals surface area contributed by atoms with Crippen LogP contribution in [0.1, 0.15) is 11.1 Å². The molecule has 0 atom stereocenters. The zero-order valence-corrected chi connectivity index (χ0v) is 23.6. The summed E-state index contributed by atoms with van der Waals surface area (Å²) in [6.45, 7) is 2.41. The fourth-order valence-corrected chi connectivity index (χ4v) is 4.32. The topological polar surface area (TPSA) is 37.4 Å². The van der Waals surface area contributed by atoms with Crippen LogP contribution in [0, 0.1) is 0 Å². The molecule has 0 unspecified atom stereocenters. The molecule has 0 saturated carbocycles. The molecule has 0 N–H and O–H groups in total. The first kappa shape index (κ1) is 27.7. The van der Waals surface area contributed by atoms with Crippen molar-refractivity contribution in [3.8, 4) is 17.2 Å². The minimum atomic E-state index is 0.455. The van der Waals surface area contributed by atoms with Gasteiger partial charge in [0.15, 0.2) is 0 Å². The molecule has 4 rings (SSSR count). The van der Waals surface area contributed by atoms with Crippen molar-refractivity contribution in [2.45, 2.75) is 13.1 Å². The first-order valence-corrected chi connectivity index (χ1v) is 13.2. The lowest BCUT2D eigenvalue weighted by atomic mass is 10.1. The number of nitrogens with zero attached hydrogens (tertiary/aromatic N) is 3. The van der Waals surface area contributed by atoms with E-state index in [0.29, 0.717) is 13.2 Å². The van der Waals surface area contributed by atoms with E-state index in [1.807, 2.05) is 56.6 Å². The molecule has 0 saturated heterocycles. The smallest absolute Gasteiger partial charge is 0.122 e. The highest BCUT2D eigenvalue weighted by atomic mass is 16.5. The van der Waals surface area contributed by atoms with Crippen LogP contribution in [0.5, 0.6) is 17.2 Å². The van der Waals surface area contributed by atoms with E-state index in [1.54, 1.807) is 7.11 Å². The zero-order valence-electron chi connectivity index (χ0n) is 23.6. The van der Waals surface area contributed by atoms with Gasteiger partial charge in [0, 0.05) is 70.5 Å². The summed E-state index contributed by atoms with van der Waals surface area (Å²) in [6.07, 6.45) is 0. The van der Waals surface area contributed by atoms with Gasteiger partial charge in [-0.2, -0.15) is 0 Å². The van der Waals surface area contributed by atoms with E-state index in [2.05, 4.69) is 83.4 Å². The molecule has 4 aromatic rings. The second kappa shape index (κ2) is 13.5. The second-order valence-corrected chi connectivity index (χ2v) is 9.86. The van der Waals surface area contributed by atoms with Crippen molar-refractivity contribution in [1.82, 2.24) is 0 Å². The van der Waals surface area contributed by atoms with Crippen LogP contribution >= 0.6 is 0 Å². The van der Waals surface area contributed by atoms with E-state index in [-0.39, 0.29) is 0 Å². The largest absolute Gasteiger partial charge is 0.497 e. The van der Waals surface area contributed by atoms with Gasteiger partial charge in [0.25, 0.3) is 0 Å². The molecule has 6 nitrogen and oxygen atoms in total. The van der Waals surface area contributed by atoms with Gasteiger partial charge in [0.2, 0.25) is 0 Å². The lowest BCUT2D eigenvalue weighted by Gasteiger charge is -2.26. The molecular formula is C33H39N3O3. The van der Waals surface area contributed by atoms with Crippen molar-refractivity contribution in [1.29, 1.82) is 0 Å². The minimum absolute atomic E-state index is 0.455. The Hall–Kier alpha value is -4.32. The van der Waals surface area contributed by atoms with Crippen molar-refractivity contribution in [2.24, 2.45) is 0 Å². The van der Waals surface area contributed by atoms with Gasteiger partial charge < -0.3 is 28.9 Å². The van der Waals surface area contributed by atoms with Crippen LogP contribution in [0.4, 0.5) is 17.1 Å². The van der Waals surface area contributed by atoms with Crippen LogP contribution in [-0.2, 0) is 13.1 Å². The number of hydrogen-bond acceptors (Lipinski definition) is 6. The number of hydrogen-bond donors (Lipinski definition) is 0. The number of anilines is 3. The van der Waals surface area contributed by atoms with Crippen LogP contribution in [0.15, 0.2) is 97.1 Å². The molecule has 0 aliphatic carbocycles. The van der Waals surface area contributed by atoms with E-state index in [4.69, 9.17) is 14.2 Å². The van der Waals surface area contributed by atoms with Gasteiger partial charge in [-0.25, -0.2) is 0 Å². The average molecular weight is 526 g/mol. The molecule has 4 aromatic carbocycles. The van der Waals surface area contributed by atoms with Crippen molar-refractivity contribution < 1.29 is 14.2 Å². The highest BCUT2D eigenvalue weighted by Gasteiger charge is 2.12. The van der Waals surface area contributed by atoms with Gasteiger partial charge in [0.05, 0.1) is 7.11 Å². The summed E-state index contributed by atoms with van der Waals surface area (Å²) in [5, 5.41) is 0. The third-order valence-electron chi connectivity index (χ3n) is 6.45. The van der Waals surface area contributed by atoms with Crippen molar-refractivity contribution in [3.05, 3.63) is 108 Å². The van der Waals surface area contributed by atoms with Crippen LogP contribution in [-0.4, -0.2) is 48.5 Å². The number of ether oxygens (including phenoxy) is 3. The predicted octanol–water partition coefficient (Wildman–Crippen LogP) is 6.49.